The molecular weight excluding hydrogens is 256 g/mol. The number of hydrogen-bond acceptors (Lipinski definition) is 2. The first-order valence-electron chi connectivity index (χ1n) is 6.64. The molecule has 3 heteroatoms. The van der Waals surface area contributed by atoms with Crippen LogP contribution in [0.4, 0.5) is 0 Å². The van der Waals surface area contributed by atoms with Gasteiger partial charge in [-0.2, -0.15) is 0 Å². The van der Waals surface area contributed by atoms with Gasteiger partial charge in [-0.3, -0.25) is 0 Å². The molecule has 0 aliphatic carbocycles. The van der Waals surface area contributed by atoms with Crippen molar-refractivity contribution in [2.75, 3.05) is 11.5 Å². The zero-order valence-electron chi connectivity index (χ0n) is 12.3. The van der Waals surface area contributed by atoms with Crippen LogP contribution in [0.3, 0.4) is 0 Å². The Labute approximate surface area is 117 Å². The Bertz CT molecular complexity index is 525. The van der Waals surface area contributed by atoms with Crippen LogP contribution in [-0.2, 0) is 15.3 Å². The molecule has 0 unspecified atom stereocenters. The molecule has 1 aromatic carbocycles. The highest BCUT2D eigenvalue weighted by atomic mass is 32.2. The molecule has 106 valence electrons. The van der Waals surface area contributed by atoms with Gasteiger partial charge in [-0.05, 0) is 25.8 Å². The van der Waals surface area contributed by atoms with Crippen LogP contribution in [0.1, 0.15) is 39.7 Å². The van der Waals surface area contributed by atoms with E-state index in [1.54, 1.807) is 0 Å². The zero-order valence-corrected chi connectivity index (χ0v) is 13.1. The number of benzene rings is 1. The first-order chi connectivity index (χ1) is 8.77. The summed E-state index contributed by atoms with van der Waals surface area (Å²) >= 11 is 0. The summed E-state index contributed by atoms with van der Waals surface area (Å²) in [7, 11) is -3.03. The van der Waals surface area contributed by atoms with Crippen molar-refractivity contribution >= 4 is 9.84 Å². The van der Waals surface area contributed by atoms with E-state index < -0.39 is 9.84 Å². The molecule has 0 aliphatic heterocycles. The highest BCUT2D eigenvalue weighted by molar-refractivity contribution is 7.91. The summed E-state index contributed by atoms with van der Waals surface area (Å²) in [6.07, 6.45) is 2.60. The van der Waals surface area contributed by atoms with Gasteiger partial charge < -0.3 is 0 Å². The van der Waals surface area contributed by atoms with E-state index in [2.05, 4.69) is 0 Å². The van der Waals surface area contributed by atoms with Crippen molar-refractivity contribution in [3.8, 4) is 0 Å². The topological polar surface area (TPSA) is 34.1 Å². The normalized spacial score (nSPS) is 13.6. The Morgan fingerprint density at radius 3 is 2.32 bits per heavy atom. The van der Waals surface area contributed by atoms with Gasteiger partial charge in [0.2, 0.25) is 0 Å². The van der Waals surface area contributed by atoms with Crippen LogP contribution < -0.4 is 0 Å². The van der Waals surface area contributed by atoms with Gasteiger partial charge in [0.05, 0.1) is 11.5 Å². The Morgan fingerprint density at radius 2 is 1.79 bits per heavy atom. The van der Waals surface area contributed by atoms with Crippen molar-refractivity contribution in [3.63, 3.8) is 0 Å². The standard InChI is InChI=1S/C16H24O2S/c1-5-14(2)11-12-19(17,18)13-16(3,4)15-9-7-6-8-10-15/h5-10H,11-13H2,1-4H3/b14-5+. The van der Waals surface area contributed by atoms with Gasteiger partial charge in [-0.15, -0.1) is 0 Å². The van der Waals surface area contributed by atoms with E-state index in [1.807, 2.05) is 64.1 Å². The average Bonchev–Trinajstić information content (AvgIpc) is 2.36. The third-order valence-electron chi connectivity index (χ3n) is 3.44. The van der Waals surface area contributed by atoms with Crippen molar-refractivity contribution in [1.82, 2.24) is 0 Å². The van der Waals surface area contributed by atoms with Crippen LogP contribution in [0.15, 0.2) is 42.0 Å². The van der Waals surface area contributed by atoms with Crippen molar-refractivity contribution in [1.29, 1.82) is 0 Å². The molecule has 0 N–H and O–H groups in total. The van der Waals surface area contributed by atoms with Crippen LogP contribution in [-0.4, -0.2) is 19.9 Å². The monoisotopic (exact) mass is 280 g/mol. The number of rotatable bonds is 6. The number of allylic oxidation sites excluding steroid dienone is 2. The molecule has 0 aliphatic rings. The maximum absolute atomic E-state index is 12.2. The molecule has 0 spiro atoms. The second-order valence-electron chi connectivity index (χ2n) is 5.73. The molecule has 0 aromatic heterocycles. The van der Waals surface area contributed by atoms with Gasteiger partial charge in [-0.25, -0.2) is 8.42 Å². The average molecular weight is 280 g/mol. The molecule has 0 amide bonds. The minimum atomic E-state index is -3.03. The fourth-order valence-corrected chi connectivity index (χ4v) is 4.10. The van der Waals surface area contributed by atoms with Gasteiger partial charge in [0.15, 0.2) is 9.84 Å². The molecule has 0 saturated carbocycles. The maximum Gasteiger partial charge on any atom is 0.151 e. The summed E-state index contributed by atoms with van der Waals surface area (Å²) in [5.74, 6) is 0.431. The summed E-state index contributed by atoms with van der Waals surface area (Å²) < 4.78 is 24.4. The first kappa shape index (κ1) is 16.0. The summed E-state index contributed by atoms with van der Waals surface area (Å²) in [5.41, 5.74) is 1.85. The van der Waals surface area contributed by atoms with Gasteiger partial charge in [0.1, 0.15) is 0 Å². The quantitative estimate of drug-likeness (QED) is 0.744. The molecule has 0 atom stereocenters. The van der Waals surface area contributed by atoms with E-state index in [9.17, 15) is 8.42 Å². The first-order valence-corrected chi connectivity index (χ1v) is 8.47. The third kappa shape index (κ3) is 5.19. The molecule has 2 nitrogen and oxygen atoms in total. The molecule has 19 heavy (non-hydrogen) atoms. The van der Waals surface area contributed by atoms with E-state index >= 15 is 0 Å². The zero-order chi connectivity index (χ0) is 14.5. The molecule has 0 saturated heterocycles. The molecule has 0 fully saturated rings. The van der Waals surface area contributed by atoms with Crippen LogP contribution in [0.25, 0.3) is 0 Å². The molecule has 0 radical (unpaired) electrons. The summed E-state index contributed by atoms with van der Waals surface area (Å²) in [5, 5.41) is 0. The number of sulfone groups is 1. The molecule has 1 rings (SSSR count). The second kappa shape index (κ2) is 6.38. The van der Waals surface area contributed by atoms with Gasteiger partial charge in [0, 0.05) is 5.41 Å². The second-order valence-corrected chi connectivity index (χ2v) is 7.91. The van der Waals surface area contributed by atoms with Crippen molar-refractivity contribution in [2.45, 2.75) is 39.5 Å². The van der Waals surface area contributed by atoms with E-state index in [1.165, 1.54) is 0 Å². The molecule has 0 heterocycles. The Hall–Kier alpha value is -1.09. The Kier molecular flexibility index (Phi) is 5.36. The lowest BCUT2D eigenvalue weighted by Gasteiger charge is -2.25. The van der Waals surface area contributed by atoms with Gasteiger partial charge >= 0.3 is 0 Å². The highest BCUT2D eigenvalue weighted by Crippen LogP contribution is 2.25. The number of hydrogen-bond donors (Lipinski definition) is 0. The predicted molar refractivity (Wildman–Crippen MR) is 82.2 cm³/mol. The molecule has 1 aromatic rings. The van der Waals surface area contributed by atoms with E-state index in [-0.39, 0.29) is 16.9 Å². The Balaban J connectivity index is 2.77. The lowest BCUT2D eigenvalue weighted by Crippen LogP contribution is -2.29. The SMILES string of the molecule is C/C=C(\C)CCS(=O)(=O)CC(C)(C)c1ccccc1. The van der Waals surface area contributed by atoms with Crippen molar-refractivity contribution < 1.29 is 8.42 Å². The summed E-state index contributed by atoms with van der Waals surface area (Å²) in [6.45, 7) is 7.89. The lowest BCUT2D eigenvalue weighted by atomic mass is 9.87. The molecular formula is C16H24O2S. The van der Waals surface area contributed by atoms with Gasteiger partial charge in [0.25, 0.3) is 0 Å². The summed E-state index contributed by atoms with van der Waals surface area (Å²) in [6, 6.07) is 9.84. The van der Waals surface area contributed by atoms with E-state index in [0.717, 1.165) is 11.1 Å². The smallest absolute Gasteiger partial charge is 0.151 e. The third-order valence-corrected chi connectivity index (χ3v) is 5.42. The minimum absolute atomic E-state index is 0.195. The van der Waals surface area contributed by atoms with Gasteiger partial charge in [-0.1, -0.05) is 55.8 Å². The van der Waals surface area contributed by atoms with Crippen LogP contribution in [0.2, 0.25) is 0 Å². The van der Waals surface area contributed by atoms with Crippen molar-refractivity contribution in [3.05, 3.63) is 47.5 Å². The molecule has 0 bridgehead atoms. The summed E-state index contributed by atoms with van der Waals surface area (Å²) in [4.78, 5) is 0. The van der Waals surface area contributed by atoms with Crippen LogP contribution in [0.5, 0.6) is 0 Å². The fraction of sp³-hybridized carbons (Fsp3) is 0.500. The van der Waals surface area contributed by atoms with Crippen LogP contribution in [0, 0.1) is 0 Å². The van der Waals surface area contributed by atoms with Crippen molar-refractivity contribution in [2.24, 2.45) is 0 Å². The van der Waals surface area contributed by atoms with E-state index in [0.29, 0.717) is 6.42 Å². The predicted octanol–water partition coefficient (Wildman–Crippen LogP) is 3.74. The largest absolute Gasteiger partial charge is 0.229 e. The van der Waals surface area contributed by atoms with Crippen LogP contribution >= 0.6 is 0 Å². The Morgan fingerprint density at radius 1 is 1.21 bits per heavy atom. The van der Waals surface area contributed by atoms with E-state index in [4.69, 9.17) is 0 Å². The minimum Gasteiger partial charge on any atom is -0.229 e. The maximum atomic E-state index is 12.2. The lowest BCUT2D eigenvalue weighted by molar-refractivity contribution is 0.547. The fourth-order valence-electron chi connectivity index (χ4n) is 2.06. The highest BCUT2D eigenvalue weighted by Gasteiger charge is 2.27.